The van der Waals surface area contributed by atoms with Crippen LogP contribution in [0.25, 0.3) is 10.8 Å². The Labute approximate surface area is 129 Å². The van der Waals surface area contributed by atoms with Crippen molar-refractivity contribution in [1.82, 2.24) is 10.4 Å². The van der Waals surface area contributed by atoms with Gasteiger partial charge in [0.05, 0.1) is 0 Å². The van der Waals surface area contributed by atoms with Gasteiger partial charge in [0.2, 0.25) is 5.91 Å². The number of nitrogens with one attached hydrogen (secondary N) is 1. The van der Waals surface area contributed by atoms with E-state index in [4.69, 9.17) is 11.6 Å². The maximum atomic E-state index is 13.6. The predicted octanol–water partition coefficient (Wildman–Crippen LogP) is 3.83. The molecule has 0 saturated carbocycles. The lowest BCUT2D eigenvalue weighted by molar-refractivity contribution is -0.190. The molecule has 0 aromatic heterocycles. The molecule has 1 atom stereocenters. The van der Waals surface area contributed by atoms with Crippen LogP contribution in [0.4, 0.5) is 13.2 Å². The van der Waals surface area contributed by atoms with E-state index in [0.717, 1.165) is 5.01 Å². The summed E-state index contributed by atoms with van der Waals surface area (Å²) < 4.78 is 40.7. The van der Waals surface area contributed by atoms with Crippen molar-refractivity contribution in [1.29, 1.82) is 0 Å². The Balaban J connectivity index is 2.14. The zero-order valence-electron chi connectivity index (χ0n) is 11.3. The zero-order chi connectivity index (χ0) is 15.9. The third-order valence-electron chi connectivity index (χ3n) is 3.64. The molecule has 0 spiro atoms. The number of rotatable bonds is 2. The molecule has 7 heteroatoms. The summed E-state index contributed by atoms with van der Waals surface area (Å²) in [6.07, 6.45) is -4.45. The summed E-state index contributed by atoms with van der Waals surface area (Å²) in [5.41, 5.74) is 2.38. The molecule has 1 unspecified atom stereocenters. The number of hydrogen-bond donors (Lipinski definition) is 1. The summed E-state index contributed by atoms with van der Waals surface area (Å²) in [5.74, 6) is -0.405. The second-order valence-corrected chi connectivity index (χ2v) is 5.57. The molecule has 2 aromatic rings. The molecule has 1 N–H and O–H groups in total. The van der Waals surface area contributed by atoms with E-state index in [0.29, 0.717) is 15.8 Å². The van der Waals surface area contributed by atoms with Gasteiger partial charge in [0.1, 0.15) is 0 Å². The number of amides is 1. The highest BCUT2D eigenvalue weighted by Gasteiger charge is 2.47. The lowest BCUT2D eigenvalue weighted by Crippen LogP contribution is -2.43. The van der Waals surface area contributed by atoms with E-state index in [-0.39, 0.29) is 18.5 Å². The van der Waals surface area contributed by atoms with Crippen LogP contribution in [0, 0.1) is 0 Å². The lowest BCUT2D eigenvalue weighted by Gasteiger charge is -2.30. The number of alkyl halides is 3. The van der Waals surface area contributed by atoms with E-state index in [1.54, 1.807) is 30.3 Å². The molecule has 1 heterocycles. The lowest BCUT2D eigenvalue weighted by atomic mass is 9.98. The summed E-state index contributed by atoms with van der Waals surface area (Å²) >= 11 is 5.90. The third kappa shape index (κ3) is 2.76. The number of fused-ring (bicyclic) bond motifs is 1. The molecule has 0 bridgehead atoms. The van der Waals surface area contributed by atoms with E-state index in [9.17, 15) is 18.0 Å². The average Bonchev–Trinajstić information content (AvgIpc) is 2.83. The SMILES string of the molecule is O=C1CCN(C(c2cccc3cc(Cl)ccc23)C(F)(F)F)N1. The van der Waals surface area contributed by atoms with Crippen LogP contribution in [0.15, 0.2) is 36.4 Å². The first-order valence-corrected chi connectivity index (χ1v) is 7.05. The zero-order valence-corrected chi connectivity index (χ0v) is 12.1. The summed E-state index contributed by atoms with van der Waals surface area (Å²) in [7, 11) is 0. The monoisotopic (exact) mass is 328 g/mol. The fourth-order valence-corrected chi connectivity index (χ4v) is 2.91. The smallest absolute Gasteiger partial charge is 0.288 e. The minimum atomic E-state index is -4.51. The molecule has 116 valence electrons. The van der Waals surface area contributed by atoms with Crippen molar-refractivity contribution in [3.05, 3.63) is 47.0 Å². The minimum absolute atomic E-state index is 0.0208. The quantitative estimate of drug-likeness (QED) is 0.908. The van der Waals surface area contributed by atoms with Crippen molar-refractivity contribution in [2.45, 2.75) is 18.6 Å². The Morgan fingerprint density at radius 2 is 2.00 bits per heavy atom. The molecule has 1 aliphatic rings. The van der Waals surface area contributed by atoms with Gasteiger partial charge in [0.25, 0.3) is 0 Å². The van der Waals surface area contributed by atoms with Gasteiger partial charge in [0, 0.05) is 18.0 Å². The molecular weight excluding hydrogens is 317 g/mol. The molecule has 0 radical (unpaired) electrons. The minimum Gasteiger partial charge on any atom is -0.288 e. The van der Waals surface area contributed by atoms with Crippen molar-refractivity contribution in [3.63, 3.8) is 0 Å². The van der Waals surface area contributed by atoms with Gasteiger partial charge in [-0.3, -0.25) is 10.2 Å². The number of hydrogen-bond acceptors (Lipinski definition) is 2. The van der Waals surface area contributed by atoms with Crippen molar-refractivity contribution in [2.24, 2.45) is 0 Å². The Bertz CT molecular complexity index is 732. The number of carbonyl (C=O) groups is 1. The number of benzene rings is 2. The van der Waals surface area contributed by atoms with Crippen molar-refractivity contribution in [2.75, 3.05) is 6.54 Å². The second-order valence-electron chi connectivity index (χ2n) is 5.14. The molecule has 3 rings (SSSR count). The Morgan fingerprint density at radius 1 is 1.23 bits per heavy atom. The standard InChI is InChI=1S/C15H12ClF3N2O/c16-10-4-5-11-9(8-10)2-1-3-12(11)14(15(17,18)19)21-7-6-13(22)20-21/h1-5,8,14H,6-7H2,(H,20,22). The topological polar surface area (TPSA) is 32.3 Å². The van der Waals surface area contributed by atoms with Crippen LogP contribution in [-0.4, -0.2) is 23.6 Å². The molecule has 2 aromatic carbocycles. The van der Waals surface area contributed by atoms with Crippen LogP contribution in [-0.2, 0) is 4.79 Å². The highest BCUT2D eigenvalue weighted by molar-refractivity contribution is 6.31. The number of hydrazine groups is 1. The summed E-state index contributed by atoms with van der Waals surface area (Å²) in [6, 6.07) is 7.57. The van der Waals surface area contributed by atoms with Gasteiger partial charge in [0.15, 0.2) is 6.04 Å². The molecule has 1 saturated heterocycles. The average molecular weight is 329 g/mol. The Hall–Kier alpha value is -1.79. The summed E-state index contributed by atoms with van der Waals surface area (Å²) in [4.78, 5) is 11.3. The van der Waals surface area contributed by atoms with Gasteiger partial charge in [-0.15, -0.1) is 0 Å². The highest BCUT2D eigenvalue weighted by Crippen LogP contribution is 2.40. The fourth-order valence-electron chi connectivity index (χ4n) is 2.73. The van der Waals surface area contributed by atoms with Gasteiger partial charge >= 0.3 is 6.18 Å². The molecular formula is C15H12ClF3N2O. The van der Waals surface area contributed by atoms with Crippen LogP contribution in [0.1, 0.15) is 18.0 Å². The largest absolute Gasteiger partial charge is 0.409 e. The van der Waals surface area contributed by atoms with Gasteiger partial charge in [-0.2, -0.15) is 13.2 Å². The highest BCUT2D eigenvalue weighted by atomic mass is 35.5. The number of halogens is 4. The first-order valence-electron chi connectivity index (χ1n) is 6.67. The first-order chi connectivity index (χ1) is 10.4. The second kappa shape index (κ2) is 5.44. The Kier molecular flexibility index (Phi) is 3.74. The van der Waals surface area contributed by atoms with Crippen LogP contribution in [0.5, 0.6) is 0 Å². The fraction of sp³-hybridized carbons (Fsp3) is 0.267. The normalized spacial score (nSPS) is 17.7. The number of nitrogens with zero attached hydrogens (tertiary/aromatic N) is 1. The van der Waals surface area contributed by atoms with Crippen molar-refractivity contribution in [3.8, 4) is 0 Å². The van der Waals surface area contributed by atoms with E-state index in [2.05, 4.69) is 5.43 Å². The van der Waals surface area contributed by atoms with E-state index >= 15 is 0 Å². The van der Waals surface area contributed by atoms with Crippen LogP contribution in [0.3, 0.4) is 0 Å². The van der Waals surface area contributed by atoms with Gasteiger partial charge in [-0.1, -0.05) is 35.9 Å². The predicted molar refractivity (Wildman–Crippen MR) is 77.2 cm³/mol. The molecule has 3 nitrogen and oxygen atoms in total. The molecule has 1 fully saturated rings. The van der Waals surface area contributed by atoms with Crippen LogP contribution >= 0.6 is 11.6 Å². The van der Waals surface area contributed by atoms with Gasteiger partial charge < -0.3 is 0 Å². The van der Waals surface area contributed by atoms with Gasteiger partial charge in [-0.05, 0) is 28.5 Å². The van der Waals surface area contributed by atoms with E-state index in [1.165, 1.54) is 6.07 Å². The molecule has 22 heavy (non-hydrogen) atoms. The molecule has 1 amide bonds. The number of carbonyl (C=O) groups excluding carboxylic acids is 1. The third-order valence-corrected chi connectivity index (χ3v) is 3.88. The molecule has 0 aliphatic carbocycles. The first kappa shape index (κ1) is 15.1. The van der Waals surface area contributed by atoms with Crippen molar-refractivity contribution >= 4 is 28.3 Å². The van der Waals surface area contributed by atoms with Gasteiger partial charge in [-0.25, -0.2) is 5.01 Å². The summed E-state index contributed by atoms with van der Waals surface area (Å²) in [6.45, 7) is 0.0208. The maximum absolute atomic E-state index is 13.6. The van der Waals surface area contributed by atoms with E-state index in [1.807, 2.05) is 0 Å². The van der Waals surface area contributed by atoms with E-state index < -0.39 is 18.1 Å². The molecule has 1 aliphatic heterocycles. The summed E-state index contributed by atoms with van der Waals surface area (Å²) in [5, 5.41) is 2.51. The van der Waals surface area contributed by atoms with Crippen LogP contribution in [0.2, 0.25) is 5.02 Å². The maximum Gasteiger partial charge on any atom is 0.409 e. The van der Waals surface area contributed by atoms with Crippen molar-refractivity contribution < 1.29 is 18.0 Å². The van der Waals surface area contributed by atoms with Crippen LogP contribution < -0.4 is 5.43 Å². The Morgan fingerprint density at radius 3 is 2.64 bits per heavy atom.